The molecule has 0 aromatic heterocycles. The van der Waals surface area contributed by atoms with Gasteiger partial charge in [0.1, 0.15) is 0 Å². The molecule has 1 atom stereocenters. The van der Waals surface area contributed by atoms with Crippen LogP contribution in [0, 0.1) is 17.3 Å². The van der Waals surface area contributed by atoms with E-state index in [1.54, 1.807) is 0 Å². The normalized spacial score (nSPS) is 31.4. The first-order valence-electron chi connectivity index (χ1n) is 6.75. The lowest BCUT2D eigenvalue weighted by Gasteiger charge is -2.37. The van der Waals surface area contributed by atoms with Crippen molar-refractivity contribution in [3.63, 3.8) is 0 Å². The molecule has 0 aromatic rings. The van der Waals surface area contributed by atoms with Crippen molar-refractivity contribution < 1.29 is 9.47 Å². The Bertz CT molecular complexity index is 240. The molecule has 2 aliphatic heterocycles. The summed E-state index contributed by atoms with van der Waals surface area (Å²) in [5.41, 5.74) is 0.488. The number of hydrogen-bond acceptors (Lipinski definition) is 3. The van der Waals surface area contributed by atoms with E-state index in [4.69, 9.17) is 9.47 Å². The van der Waals surface area contributed by atoms with Crippen LogP contribution in [-0.4, -0.2) is 39.5 Å². The Hall–Kier alpha value is 0.170. The maximum absolute atomic E-state index is 5.89. The minimum atomic E-state index is 0. The molecule has 2 saturated heterocycles. The lowest BCUT2D eigenvalue weighted by atomic mass is 9.72. The maximum Gasteiger partial charge on any atom is 0.0512 e. The van der Waals surface area contributed by atoms with Crippen molar-refractivity contribution in [3.8, 4) is 0 Å². The van der Waals surface area contributed by atoms with Crippen LogP contribution >= 0.6 is 12.4 Å². The fourth-order valence-corrected chi connectivity index (χ4v) is 3.12. The molecule has 1 aliphatic carbocycles. The third kappa shape index (κ3) is 3.14. The zero-order valence-corrected chi connectivity index (χ0v) is 11.3. The van der Waals surface area contributed by atoms with Crippen LogP contribution in [0.15, 0.2) is 0 Å². The van der Waals surface area contributed by atoms with Crippen molar-refractivity contribution in [2.45, 2.75) is 25.7 Å². The van der Waals surface area contributed by atoms with Gasteiger partial charge in [0.05, 0.1) is 6.61 Å². The van der Waals surface area contributed by atoms with Crippen LogP contribution in [-0.2, 0) is 9.47 Å². The summed E-state index contributed by atoms with van der Waals surface area (Å²) in [4.78, 5) is 0. The Morgan fingerprint density at radius 2 is 1.94 bits per heavy atom. The highest BCUT2D eigenvalue weighted by molar-refractivity contribution is 5.85. The second-order valence-corrected chi connectivity index (χ2v) is 5.78. The van der Waals surface area contributed by atoms with Gasteiger partial charge in [0.25, 0.3) is 0 Å². The molecule has 2 heterocycles. The van der Waals surface area contributed by atoms with Crippen LogP contribution in [0.5, 0.6) is 0 Å². The monoisotopic (exact) mass is 261 g/mol. The summed E-state index contributed by atoms with van der Waals surface area (Å²) in [5.74, 6) is 1.61. The Balaban J connectivity index is 0.00000108. The first kappa shape index (κ1) is 13.6. The molecule has 1 N–H and O–H groups in total. The predicted molar refractivity (Wildman–Crippen MR) is 69.6 cm³/mol. The molecule has 1 spiro atoms. The van der Waals surface area contributed by atoms with Crippen LogP contribution in [0.2, 0.25) is 0 Å². The fourth-order valence-electron chi connectivity index (χ4n) is 3.12. The molecule has 3 fully saturated rings. The molecule has 1 unspecified atom stereocenters. The first-order valence-corrected chi connectivity index (χ1v) is 6.75. The Morgan fingerprint density at radius 3 is 2.65 bits per heavy atom. The summed E-state index contributed by atoms with van der Waals surface area (Å²) < 4.78 is 11.4. The molecule has 0 bridgehead atoms. The number of ether oxygens (including phenoxy) is 2. The van der Waals surface area contributed by atoms with Gasteiger partial charge in [-0.2, -0.15) is 0 Å². The van der Waals surface area contributed by atoms with Crippen molar-refractivity contribution in [1.82, 2.24) is 5.32 Å². The van der Waals surface area contributed by atoms with Crippen molar-refractivity contribution in [2.24, 2.45) is 17.3 Å². The SMILES string of the molecule is C1CC2(CCO1)CNCC2COCC1CC1.Cl. The minimum Gasteiger partial charge on any atom is -0.381 e. The number of halogens is 1. The topological polar surface area (TPSA) is 30.5 Å². The van der Waals surface area contributed by atoms with E-state index in [9.17, 15) is 0 Å². The van der Waals surface area contributed by atoms with Crippen LogP contribution in [0.3, 0.4) is 0 Å². The predicted octanol–water partition coefficient (Wildman–Crippen LogP) is 1.85. The number of rotatable bonds is 4. The maximum atomic E-state index is 5.89. The fraction of sp³-hybridized carbons (Fsp3) is 1.00. The van der Waals surface area contributed by atoms with E-state index in [1.165, 1.54) is 32.2 Å². The van der Waals surface area contributed by atoms with Gasteiger partial charge in [0.15, 0.2) is 0 Å². The Morgan fingerprint density at radius 1 is 1.18 bits per heavy atom. The van der Waals surface area contributed by atoms with E-state index in [-0.39, 0.29) is 12.4 Å². The van der Waals surface area contributed by atoms with E-state index in [0.717, 1.165) is 44.8 Å². The van der Waals surface area contributed by atoms with Gasteiger partial charge < -0.3 is 14.8 Å². The summed E-state index contributed by atoms with van der Waals surface area (Å²) in [6.07, 6.45) is 5.22. The summed E-state index contributed by atoms with van der Waals surface area (Å²) >= 11 is 0. The highest BCUT2D eigenvalue weighted by Gasteiger charge is 2.43. The van der Waals surface area contributed by atoms with E-state index in [1.807, 2.05) is 0 Å². The standard InChI is InChI=1S/C13H23NO2.ClH/c1-2-11(1)8-16-9-12-7-14-10-13(12)3-5-15-6-4-13;/h11-12,14H,1-10H2;1H. The number of nitrogens with one attached hydrogen (secondary N) is 1. The number of hydrogen-bond donors (Lipinski definition) is 1. The zero-order chi connectivity index (χ0) is 10.8. The lowest BCUT2D eigenvalue weighted by Crippen LogP contribution is -2.38. The molecule has 3 aliphatic rings. The van der Waals surface area contributed by atoms with Crippen molar-refractivity contribution in [1.29, 1.82) is 0 Å². The highest BCUT2D eigenvalue weighted by Crippen LogP contribution is 2.41. The highest BCUT2D eigenvalue weighted by atomic mass is 35.5. The summed E-state index contributed by atoms with van der Waals surface area (Å²) in [6, 6.07) is 0. The van der Waals surface area contributed by atoms with E-state index in [2.05, 4.69) is 5.32 Å². The smallest absolute Gasteiger partial charge is 0.0512 e. The molecule has 3 rings (SSSR count). The van der Waals surface area contributed by atoms with Crippen molar-refractivity contribution in [3.05, 3.63) is 0 Å². The molecule has 17 heavy (non-hydrogen) atoms. The van der Waals surface area contributed by atoms with Gasteiger partial charge in [-0.15, -0.1) is 12.4 Å². The molecule has 0 amide bonds. The van der Waals surface area contributed by atoms with Gasteiger partial charge in [-0.05, 0) is 37.0 Å². The summed E-state index contributed by atoms with van der Waals surface area (Å²) in [7, 11) is 0. The van der Waals surface area contributed by atoms with Crippen LogP contribution in [0.4, 0.5) is 0 Å². The largest absolute Gasteiger partial charge is 0.381 e. The van der Waals surface area contributed by atoms with Gasteiger partial charge >= 0.3 is 0 Å². The Labute approximate surface area is 110 Å². The molecular formula is C13H24ClNO2. The molecule has 4 heteroatoms. The van der Waals surface area contributed by atoms with Crippen molar-refractivity contribution in [2.75, 3.05) is 39.5 Å². The summed E-state index contributed by atoms with van der Waals surface area (Å²) in [5, 5.41) is 3.55. The van der Waals surface area contributed by atoms with Gasteiger partial charge in [-0.3, -0.25) is 0 Å². The van der Waals surface area contributed by atoms with E-state index in [0.29, 0.717) is 5.41 Å². The lowest BCUT2D eigenvalue weighted by molar-refractivity contribution is -0.0236. The van der Waals surface area contributed by atoms with Crippen LogP contribution in [0.25, 0.3) is 0 Å². The van der Waals surface area contributed by atoms with Gasteiger partial charge in [0, 0.05) is 38.8 Å². The second kappa shape index (κ2) is 5.87. The van der Waals surface area contributed by atoms with Crippen molar-refractivity contribution >= 4 is 12.4 Å². The van der Waals surface area contributed by atoms with Gasteiger partial charge in [-0.1, -0.05) is 0 Å². The molecule has 100 valence electrons. The van der Waals surface area contributed by atoms with Crippen LogP contribution in [0.1, 0.15) is 25.7 Å². The average molecular weight is 262 g/mol. The Kier molecular flexibility index (Phi) is 4.70. The van der Waals surface area contributed by atoms with Crippen LogP contribution < -0.4 is 5.32 Å². The van der Waals surface area contributed by atoms with E-state index < -0.39 is 0 Å². The first-order chi connectivity index (χ1) is 7.89. The summed E-state index contributed by atoms with van der Waals surface area (Å²) in [6.45, 7) is 6.17. The van der Waals surface area contributed by atoms with Gasteiger partial charge in [0.2, 0.25) is 0 Å². The third-order valence-corrected chi connectivity index (χ3v) is 4.59. The third-order valence-electron chi connectivity index (χ3n) is 4.59. The molecule has 0 radical (unpaired) electrons. The zero-order valence-electron chi connectivity index (χ0n) is 10.5. The second-order valence-electron chi connectivity index (χ2n) is 5.78. The molecule has 1 saturated carbocycles. The van der Waals surface area contributed by atoms with Gasteiger partial charge in [-0.25, -0.2) is 0 Å². The minimum absolute atomic E-state index is 0. The quantitative estimate of drug-likeness (QED) is 0.838. The molecule has 3 nitrogen and oxygen atoms in total. The molecular weight excluding hydrogens is 238 g/mol. The van der Waals surface area contributed by atoms with E-state index >= 15 is 0 Å². The average Bonchev–Trinajstić information content (AvgIpc) is 3.06. The molecule has 0 aromatic carbocycles.